The molecule has 3 atom stereocenters. The average molecular weight is 279 g/mol. The molecule has 0 aromatic carbocycles. The van der Waals surface area contributed by atoms with E-state index in [4.69, 9.17) is 5.11 Å². The lowest BCUT2D eigenvalue weighted by Crippen LogP contribution is -2.60. The van der Waals surface area contributed by atoms with Crippen molar-refractivity contribution in [3.8, 4) is 0 Å². The smallest absolute Gasteiger partial charge is 0.0644 e. The molecule has 2 aliphatic rings. The van der Waals surface area contributed by atoms with Gasteiger partial charge in [0.2, 0.25) is 0 Å². The van der Waals surface area contributed by atoms with Gasteiger partial charge in [-0.25, -0.2) is 0 Å². The molecule has 3 rings (SSSR count). The van der Waals surface area contributed by atoms with Gasteiger partial charge >= 0.3 is 0 Å². The van der Waals surface area contributed by atoms with Gasteiger partial charge in [-0.15, -0.1) is 0 Å². The second-order valence-electron chi connectivity index (χ2n) is 6.73. The molecule has 3 unspecified atom stereocenters. The van der Waals surface area contributed by atoms with Gasteiger partial charge in [0.15, 0.2) is 0 Å². The second kappa shape index (κ2) is 5.13. The summed E-state index contributed by atoms with van der Waals surface area (Å²) < 4.78 is 1.93. The highest BCUT2D eigenvalue weighted by Crippen LogP contribution is 2.42. The molecule has 1 aromatic rings. The highest BCUT2D eigenvalue weighted by atomic mass is 16.3. The third kappa shape index (κ3) is 2.18. The number of rotatable bonds is 4. The summed E-state index contributed by atoms with van der Waals surface area (Å²) in [5.41, 5.74) is 2.50. The van der Waals surface area contributed by atoms with Gasteiger partial charge in [-0.05, 0) is 25.7 Å². The van der Waals surface area contributed by atoms with Gasteiger partial charge in [-0.1, -0.05) is 13.8 Å². The first-order valence-corrected chi connectivity index (χ1v) is 7.63. The third-order valence-corrected chi connectivity index (χ3v) is 5.19. The van der Waals surface area contributed by atoms with Gasteiger partial charge in [0.05, 0.1) is 25.5 Å². The monoisotopic (exact) mass is 279 g/mol. The summed E-state index contributed by atoms with van der Waals surface area (Å²) in [6, 6.07) is 0.706. The molecule has 1 fully saturated rings. The summed E-state index contributed by atoms with van der Waals surface area (Å²) in [5.74, 6) is 0. The summed E-state index contributed by atoms with van der Waals surface area (Å²) in [4.78, 5) is 0. The number of nitrogens with zero attached hydrogens (tertiary/aromatic N) is 2. The van der Waals surface area contributed by atoms with Crippen LogP contribution in [-0.2, 0) is 13.0 Å². The fourth-order valence-corrected chi connectivity index (χ4v) is 3.51. The first-order valence-electron chi connectivity index (χ1n) is 7.63. The van der Waals surface area contributed by atoms with E-state index < -0.39 is 0 Å². The summed E-state index contributed by atoms with van der Waals surface area (Å²) in [6.45, 7) is 4.96. The van der Waals surface area contributed by atoms with Crippen LogP contribution in [0.3, 0.4) is 0 Å². The number of hydrogen-bond acceptors (Lipinski definition) is 4. The van der Waals surface area contributed by atoms with E-state index in [0.29, 0.717) is 18.6 Å². The van der Waals surface area contributed by atoms with Crippen molar-refractivity contribution in [3.05, 3.63) is 17.5 Å². The van der Waals surface area contributed by atoms with Crippen LogP contribution < -0.4 is 5.32 Å². The fraction of sp³-hybridized carbons (Fsp3) is 0.800. The van der Waals surface area contributed by atoms with Crippen molar-refractivity contribution in [1.29, 1.82) is 0 Å². The number of hydrogen-bond donors (Lipinski definition) is 3. The van der Waals surface area contributed by atoms with Crippen molar-refractivity contribution < 1.29 is 10.2 Å². The minimum Gasteiger partial charge on any atom is -0.394 e. The van der Waals surface area contributed by atoms with Crippen LogP contribution in [0, 0.1) is 5.41 Å². The largest absolute Gasteiger partial charge is 0.394 e. The Morgan fingerprint density at radius 3 is 2.95 bits per heavy atom. The van der Waals surface area contributed by atoms with Crippen LogP contribution >= 0.6 is 0 Å². The first kappa shape index (κ1) is 14.0. The van der Waals surface area contributed by atoms with Gasteiger partial charge in [0, 0.05) is 28.8 Å². The molecule has 0 radical (unpaired) electrons. The van der Waals surface area contributed by atoms with Gasteiger partial charge in [0.1, 0.15) is 0 Å². The average Bonchev–Trinajstić information content (AvgIpc) is 2.83. The Bertz CT molecular complexity index is 483. The fourth-order valence-electron chi connectivity index (χ4n) is 3.51. The standard InChI is InChI=1S/C15H25N3O2/c1-15(2)13(8-14(15)20)17-11-4-3-5-12-10(11)9-16-18(12)6-7-19/h9,11,13-14,17,19-20H,3-8H2,1-2H3. The van der Waals surface area contributed by atoms with Crippen molar-refractivity contribution >= 4 is 0 Å². The van der Waals surface area contributed by atoms with E-state index in [1.165, 1.54) is 11.3 Å². The molecule has 0 spiro atoms. The van der Waals surface area contributed by atoms with Crippen molar-refractivity contribution in [2.45, 2.75) is 64.3 Å². The maximum Gasteiger partial charge on any atom is 0.0644 e. The van der Waals surface area contributed by atoms with E-state index in [9.17, 15) is 5.11 Å². The summed E-state index contributed by atoms with van der Waals surface area (Å²) in [6.07, 6.45) is 5.91. The minimum atomic E-state index is -0.194. The number of nitrogens with one attached hydrogen (secondary N) is 1. The molecule has 20 heavy (non-hydrogen) atoms. The minimum absolute atomic E-state index is 0.0430. The van der Waals surface area contributed by atoms with Crippen LogP contribution in [0.15, 0.2) is 6.20 Å². The Kier molecular flexibility index (Phi) is 3.60. The Morgan fingerprint density at radius 2 is 2.30 bits per heavy atom. The molecule has 2 aliphatic carbocycles. The van der Waals surface area contributed by atoms with Crippen LogP contribution in [0.1, 0.15) is 50.4 Å². The molecule has 1 aromatic heterocycles. The van der Waals surface area contributed by atoms with Gasteiger partial charge in [-0.2, -0.15) is 5.10 Å². The molecule has 3 N–H and O–H groups in total. The lowest BCUT2D eigenvalue weighted by molar-refractivity contribution is -0.0766. The molecule has 0 aliphatic heterocycles. The van der Waals surface area contributed by atoms with Crippen LogP contribution in [0.2, 0.25) is 0 Å². The molecule has 5 nitrogen and oxygen atoms in total. The Hall–Kier alpha value is -0.910. The maximum atomic E-state index is 9.86. The molecule has 1 heterocycles. The van der Waals surface area contributed by atoms with E-state index in [-0.39, 0.29) is 18.1 Å². The van der Waals surface area contributed by atoms with Crippen molar-refractivity contribution in [3.63, 3.8) is 0 Å². The zero-order valence-electron chi connectivity index (χ0n) is 12.3. The zero-order valence-corrected chi connectivity index (χ0v) is 12.3. The highest BCUT2D eigenvalue weighted by molar-refractivity contribution is 5.25. The van der Waals surface area contributed by atoms with Crippen molar-refractivity contribution in [2.75, 3.05) is 6.61 Å². The highest BCUT2D eigenvalue weighted by Gasteiger charge is 2.48. The normalized spacial score (nSPS) is 31.7. The summed E-state index contributed by atoms with van der Waals surface area (Å²) in [7, 11) is 0. The molecular weight excluding hydrogens is 254 g/mol. The SMILES string of the molecule is CC1(C)C(O)CC1NC1CCCc2c1cnn2CCO. The van der Waals surface area contributed by atoms with Crippen LogP contribution in [0.5, 0.6) is 0 Å². The third-order valence-electron chi connectivity index (χ3n) is 5.19. The lowest BCUT2D eigenvalue weighted by Gasteiger charge is -2.51. The van der Waals surface area contributed by atoms with E-state index in [1.807, 2.05) is 10.9 Å². The Morgan fingerprint density at radius 1 is 1.50 bits per heavy atom. The molecule has 5 heteroatoms. The predicted octanol–water partition coefficient (Wildman–Crippen LogP) is 1.00. The van der Waals surface area contributed by atoms with Crippen LogP contribution in [-0.4, -0.2) is 38.7 Å². The number of aliphatic hydroxyl groups excluding tert-OH is 2. The number of aliphatic hydroxyl groups is 2. The van der Waals surface area contributed by atoms with Crippen molar-refractivity contribution in [1.82, 2.24) is 15.1 Å². The van der Waals surface area contributed by atoms with Crippen molar-refractivity contribution in [2.24, 2.45) is 5.41 Å². The van der Waals surface area contributed by atoms with E-state index in [2.05, 4.69) is 24.3 Å². The Balaban J connectivity index is 1.74. The first-order chi connectivity index (χ1) is 9.54. The maximum absolute atomic E-state index is 9.86. The molecule has 0 bridgehead atoms. The molecule has 0 saturated heterocycles. The Labute approximate surface area is 120 Å². The number of aromatic nitrogens is 2. The van der Waals surface area contributed by atoms with Crippen LogP contribution in [0.25, 0.3) is 0 Å². The topological polar surface area (TPSA) is 70.3 Å². The van der Waals surface area contributed by atoms with Gasteiger partial charge in [-0.3, -0.25) is 4.68 Å². The number of fused-ring (bicyclic) bond motifs is 1. The molecular formula is C15H25N3O2. The van der Waals surface area contributed by atoms with E-state index >= 15 is 0 Å². The van der Waals surface area contributed by atoms with E-state index in [0.717, 1.165) is 25.7 Å². The second-order valence-corrected chi connectivity index (χ2v) is 6.73. The molecule has 112 valence electrons. The van der Waals surface area contributed by atoms with Crippen LogP contribution in [0.4, 0.5) is 0 Å². The molecule has 0 amide bonds. The zero-order chi connectivity index (χ0) is 14.3. The summed E-state index contributed by atoms with van der Waals surface area (Å²) in [5, 5.41) is 27.1. The summed E-state index contributed by atoms with van der Waals surface area (Å²) >= 11 is 0. The van der Waals surface area contributed by atoms with Gasteiger partial charge in [0.25, 0.3) is 0 Å². The molecule has 1 saturated carbocycles. The quantitative estimate of drug-likeness (QED) is 0.769. The lowest BCUT2D eigenvalue weighted by atomic mass is 9.64. The van der Waals surface area contributed by atoms with Gasteiger partial charge < -0.3 is 15.5 Å². The predicted molar refractivity (Wildman–Crippen MR) is 76.3 cm³/mol. The van der Waals surface area contributed by atoms with E-state index in [1.54, 1.807) is 0 Å².